The van der Waals surface area contributed by atoms with Crippen LogP contribution in [0.5, 0.6) is 0 Å². The molecule has 0 fully saturated rings. The van der Waals surface area contributed by atoms with Gasteiger partial charge in [-0.25, -0.2) is 0 Å². The SMILES string of the molecule is Cc1ccc(N2c3ccc(C)cc3B3c4cc(C)ccc4N(c4ccc(C)cc4)c4cc(C(C)C)cc2c43)cc1. The summed E-state index contributed by atoms with van der Waals surface area (Å²) in [7, 11) is 0. The maximum Gasteiger partial charge on any atom is 0.252 e. The van der Waals surface area contributed by atoms with Gasteiger partial charge in [0.25, 0.3) is 6.71 Å². The molecule has 3 heteroatoms. The molecule has 196 valence electrons. The molecule has 0 unspecified atom stereocenters. The Morgan fingerprint density at radius 2 is 0.875 bits per heavy atom. The molecule has 0 spiro atoms. The van der Waals surface area contributed by atoms with Gasteiger partial charge in [0.15, 0.2) is 0 Å². The van der Waals surface area contributed by atoms with Crippen molar-refractivity contribution in [3.8, 4) is 0 Å². The Morgan fingerprint density at radius 3 is 1.27 bits per heavy atom. The molecule has 40 heavy (non-hydrogen) atoms. The summed E-state index contributed by atoms with van der Waals surface area (Å²) in [6.45, 7) is 13.5. The minimum atomic E-state index is 0.166. The summed E-state index contributed by atoms with van der Waals surface area (Å²) in [6, 6.07) is 36.9. The average molecular weight is 519 g/mol. The van der Waals surface area contributed by atoms with Gasteiger partial charge in [-0.15, -0.1) is 0 Å². The van der Waals surface area contributed by atoms with E-state index >= 15 is 0 Å². The van der Waals surface area contributed by atoms with Crippen molar-refractivity contribution in [1.82, 2.24) is 0 Å². The van der Waals surface area contributed by atoms with E-state index in [1.165, 1.54) is 78.3 Å². The molecule has 2 aliphatic heterocycles. The second kappa shape index (κ2) is 9.16. The fraction of sp³-hybridized carbons (Fsp3) is 0.189. The van der Waals surface area contributed by atoms with Crippen molar-refractivity contribution in [2.24, 2.45) is 0 Å². The molecule has 0 aliphatic carbocycles. The highest BCUT2D eigenvalue weighted by Crippen LogP contribution is 2.45. The van der Waals surface area contributed by atoms with Gasteiger partial charge in [-0.05, 0) is 104 Å². The Hall–Kier alpha value is -4.24. The van der Waals surface area contributed by atoms with Gasteiger partial charge in [0.05, 0.1) is 0 Å². The first-order valence-electron chi connectivity index (χ1n) is 14.4. The second-order valence-corrected chi connectivity index (χ2v) is 12.0. The van der Waals surface area contributed by atoms with E-state index in [9.17, 15) is 0 Å². The van der Waals surface area contributed by atoms with Gasteiger partial charge < -0.3 is 9.80 Å². The summed E-state index contributed by atoms with van der Waals surface area (Å²) < 4.78 is 0. The zero-order valence-corrected chi connectivity index (χ0v) is 24.3. The Morgan fingerprint density at radius 1 is 0.475 bits per heavy atom. The Labute approximate surface area is 239 Å². The molecule has 0 amide bonds. The Balaban J connectivity index is 1.62. The maximum absolute atomic E-state index is 2.50. The van der Waals surface area contributed by atoms with Crippen molar-refractivity contribution >= 4 is 57.2 Å². The van der Waals surface area contributed by atoms with Crippen LogP contribution in [-0.4, -0.2) is 6.71 Å². The highest BCUT2D eigenvalue weighted by molar-refractivity contribution is 7.00. The van der Waals surface area contributed by atoms with Crippen LogP contribution in [0.4, 0.5) is 34.1 Å². The lowest BCUT2D eigenvalue weighted by molar-refractivity contribution is 0.866. The van der Waals surface area contributed by atoms with Gasteiger partial charge >= 0.3 is 0 Å². The minimum absolute atomic E-state index is 0.166. The first-order chi connectivity index (χ1) is 19.3. The van der Waals surface area contributed by atoms with Crippen molar-refractivity contribution in [2.75, 3.05) is 9.80 Å². The first-order valence-corrected chi connectivity index (χ1v) is 14.4. The van der Waals surface area contributed by atoms with Crippen LogP contribution in [0.3, 0.4) is 0 Å². The van der Waals surface area contributed by atoms with Crippen LogP contribution in [0.1, 0.15) is 47.6 Å². The van der Waals surface area contributed by atoms with Gasteiger partial charge in [-0.2, -0.15) is 0 Å². The third kappa shape index (κ3) is 3.79. The maximum atomic E-state index is 2.50. The van der Waals surface area contributed by atoms with E-state index in [0.29, 0.717) is 5.92 Å². The number of hydrogen-bond donors (Lipinski definition) is 0. The standard InChI is InChI=1S/C37H35BN2/c1-23(2)28-21-35-37-36(22-28)40(30-15-9-25(4)10-16-30)34-18-12-27(6)20-32(34)38(37)31-19-26(5)11-17-33(31)39(35)29-13-7-24(3)8-14-29/h7-23H,1-6H3. The van der Waals surface area contributed by atoms with Crippen LogP contribution in [0.25, 0.3) is 0 Å². The largest absolute Gasteiger partial charge is 0.311 e. The second-order valence-electron chi connectivity index (χ2n) is 12.0. The number of fused-ring (bicyclic) bond motifs is 4. The molecule has 0 radical (unpaired) electrons. The summed E-state index contributed by atoms with van der Waals surface area (Å²) in [6.07, 6.45) is 0. The van der Waals surface area contributed by atoms with Crippen LogP contribution in [0.15, 0.2) is 97.1 Å². The molecule has 0 atom stereocenters. The quantitative estimate of drug-likeness (QED) is 0.218. The zero-order valence-electron chi connectivity index (χ0n) is 24.3. The van der Waals surface area contributed by atoms with E-state index < -0.39 is 0 Å². The van der Waals surface area contributed by atoms with E-state index in [0.717, 1.165) is 0 Å². The lowest BCUT2D eigenvalue weighted by atomic mass is 9.33. The minimum Gasteiger partial charge on any atom is -0.311 e. The van der Waals surface area contributed by atoms with E-state index in [4.69, 9.17) is 0 Å². The third-order valence-corrected chi connectivity index (χ3v) is 8.65. The summed E-state index contributed by atoms with van der Waals surface area (Å²) in [5, 5.41) is 0. The normalized spacial score (nSPS) is 13.3. The van der Waals surface area contributed by atoms with Crippen LogP contribution in [0, 0.1) is 27.7 Å². The van der Waals surface area contributed by atoms with Gasteiger partial charge in [-0.1, -0.05) is 84.6 Å². The van der Waals surface area contributed by atoms with E-state index in [1.54, 1.807) is 0 Å². The molecule has 0 N–H and O–H groups in total. The number of rotatable bonds is 3. The molecule has 0 aromatic heterocycles. The first kappa shape index (κ1) is 24.8. The highest BCUT2D eigenvalue weighted by Gasteiger charge is 2.43. The summed E-state index contributed by atoms with van der Waals surface area (Å²) >= 11 is 0. The lowest BCUT2D eigenvalue weighted by Gasteiger charge is -2.44. The number of aryl methyl sites for hydroxylation is 4. The molecule has 0 saturated heterocycles. The molecular weight excluding hydrogens is 483 g/mol. The third-order valence-electron chi connectivity index (χ3n) is 8.65. The summed E-state index contributed by atoms with van der Waals surface area (Å²) in [5.74, 6) is 0.401. The van der Waals surface area contributed by atoms with Gasteiger partial charge in [0.2, 0.25) is 0 Å². The average Bonchev–Trinajstić information content (AvgIpc) is 2.94. The van der Waals surface area contributed by atoms with Crippen molar-refractivity contribution in [1.29, 1.82) is 0 Å². The summed E-state index contributed by atoms with van der Waals surface area (Å²) in [5.41, 5.74) is 18.2. The van der Waals surface area contributed by atoms with Crippen molar-refractivity contribution in [2.45, 2.75) is 47.5 Å². The Kier molecular flexibility index (Phi) is 5.68. The van der Waals surface area contributed by atoms with Crippen LogP contribution in [-0.2, 0) is 0 Å². The zero-order chi connectivity index (χ0) is 27.7. The molecule has 0 saturated carbocycles. The predicted octanol–water partition coefficient (Wildman–Crippen LogP) is 8.13. The number of nitrogens with zero attached hydrogens (tertiary/aromatic N) is 2. The van der Waals surface area contributed by atoms with Crippen molar-refractivity contribution in [3.63, 3.8) is 0 Å². The Bertz CT molecular complexity index is 1640. The highest BCUT2D eigenvalue weighted by atomic mass is 15.2. The van der Waals surface area contributed by atoms with Crippen LogP contribution in [0.2, 0.25) is 0 Å². The van der Waals surface area contributed by atoms with Crippen LogP contribution < -0.4 is 26.2 Å². The van der Waals surface area contributed by atoms with E-state index in [1.807, 2.05) is 0 Å². The summed E-state index contributed by atoms with van der Waals surface area (Å²) in [4.78, 5) is 5.01. The molecule has 2 nitrogen and oxygen atoms in total. The fourth-order valence-corrected chi connectivity index (χ4v) is 6.54. The monoisotopic (exact) mass is 518 g/mol. The number of hydrogen-bond acceptors (Lipinski definition) is 2. The van der Waals surface area contributed by atoms with Gasteiger partial charge in [-0.3, -0.25) is 0 Å². The van der Waals surface area contributed by atoms with E-state index in [2.05, 4.69) is 148 Å². The predicted molar refractivity (Wildman–Crippen MR) is 174 cm³/mol. The smallest absolute Gasteiger partial charge is 0.252 e. The lowest BCUT2D eigenvalue weighted by Crippen LogP contribution is -2.61. The molecule has 0 bridgehead atoms. The van der Waals surface area contributed by atoms with Crippen molar-refractivity contribution < 1.29 is 0 Å². The topological polar surface area (TPSA) is 6.48 Å². The van der Waals surface area contributed by atoms with Gasteiger partial charge in [0, 0.05) is 34.1 Å². The van der Waals surface area contributed by atoms with Crippen LogP contribution >= 0.6 is 0 Å². The van der Waals surface area contributed by atoms with E-state index in [-0.39, 0.29) is 6.71 Å². The molecule has 7 rings (SSSR count). The van der Waals surface area contributed by atoms with Crippen molar-refractivity contribution in [3.05, 3.63) is 125 Å². The molecule has 5 aromatic rings. The fourth-order valence-electron chi connectivity index (χ4n) is 6.54. The molecular formula is C37H35BN2. The molecule has 2 heterocycles. The van der Waals surface area contributed by atoms with Gasteiger partial charge in [0.1, 0.15) is 0 Å². The number of anilines is 6. The molecule has 5 aromatic carbocycles. The molecule has 2 aliphatic rings. The number of benzene rings is 5.